The Labute approximate surface area is 402 Å². The molecule has 20 heteroatoms. The highest BCUT2D eigenvalue weighted by molar-refractivity contribution is 5.88. The van der Waals surface area contributed by atoms with Crippen molar-refractivity contribution >= 4 is 41.8 Å². The lowest BCUT2D eigenvalue weighted by atomic mass is 9.93. The molecule has 2 aromatic carbocycles. The van der Waals surface area contributed by atoms with Gasteiger partial charge in [-0.25, -0.2) is 4.79 Å². The van der Waals surface area contributed by atoms with Crippen LogP contribution in [0.5, 0.6) is 0 Å². The Bertz CT molecular complexity index is 2200. The molecule has 1 aliphatic heterocycles. The Hall–Kier alpha value is -6.24. The number of nitrogens with one attached hydrogen (secondary N) is 2. The van der Waals surface area contributed by atoms with Crippen molar-refractivity contribution in [2.24, 2.45) is 26.8 Å². The van der Waals surface area contributed by atoms with Gasteiger partial charge in [-0.05, 0) is 117 Å². The molecule has 3 N–H and O–H groups in total. The summed E-state index contributed by atoms with van der Waals surface area (Å²) >= 11 is 0. The number of azide groups is 1. The third kappa shape index (κ3) is 15.4. The molecule has 4 rings (SSSR count). The number of nitrogens with zero attached hydrogens (tertiary/aromatic N) is 3. The monoisotopic (exact) mass is 965 g/mol. The fraction of sp³-hybridized carbons (Fsp3) is 0.612. The number of hydrogen-bond donors (Lipinski definition) is 3. The van der Waals surface area contributed by atoms with Crippen LogP contribution >= 0.6 is 0 Å². The van der Waals surface area contributed by atoms with E-state index < -0.39 is 126 Å². The average molecular weight is 966 g/mol. The number of hydrogen-bond acceptors (Lipinski definition) is 15. The molecule has 7 atom stereocenters. The third-order valence-corrected chi connectivity index (χ3v) is 11.0. The summed E-state index contributed by atoms with van der Waals surface area (Å²) in [6.07, 6.45) is -11.2. The Morgan fingerprint density at radius 2 is 1.19 bits per heavy atom. The number of fused-ring (bicyclic) bond motifs is 3. The van der Waals surface area contributed by atoms with Crippen LogP contribution in [0.15, 0.2) is 53.6 Å². The van der Waals surface area contributed by atoms with Crippen LogP contribution < -0.4 is 10.6 Å². The minimum Gasteiger partial charge on any atom is -0.480 e. The SMILES string of the molecule is CC(C)(C)C(=O)OC[C@H]1O[C@@H](O[C@H](CCN=[N+]=[N-])C[C@H](NC(=O)OCC2c3ccccc3-c3ccccc32)C(=O)NCC(=O)O)[C@H](OC(=O)C(C)(C)C)[C@@H](OC(=O)C(C)(C)C)[C@H]1OC(=O)C(C)(C)C. The molecular formula is C49H67N5O15. The predicted molar refractivity (Wildman–Crippen MR) is 248 cm³/mol. The van der Waals surface area contributed by atoms with Crippen LogP contribution in [0.25, 0.3) is 21.6 Å². The van der Waals surface area contributed by atoms with E-state index in [1.54, 1.807) is 83.1 Å². The lowest BCUT2D eigenvalue weighted by Crippen LogP contribution is -2.64. The van der Waals surface area contributed by atoms with Crippen molar-refractivity contribution in [2.45, 2.75) is 145 Å². The molecule has 1 heterocycles. The Morgan fingerprint density at radius 1 is 0.696 bits per heavy atom. The largest absolute Gasteiger partial charge is 0.480 e. The van der Waals surface area contributed by atoms with Gasteiger partial charge in [0, 0.05) is 23.8 Å². The average Bonchev–Trinajstić information content (AvgIpc) is 3.57. The zero-order chi connectivity index (χ0) is 51.6. The Kier molecular flexibility index (Phi) is 18.4. The van der Waals surface area contributed by atoms with E-state index in [2.05, 4.69) is 20.7 Å². The zero-order valence-electron chi connectivity index (χ0n) is 41.5. The molecule has 2 amide bonds. The van der Waals surface area contributed by atoms with E-state index >= 15 is 0 Å². The quantitative estimate of drug-likeness (QED) is 0.0458. The maximum absolute atomic E-state index is 13.8. The number of rotatable bonds is 18. The van der Waals surface area contributed by atoms with Gasteiger partial charge in [0.05, 0.1) is 27.8 Å². The molecule has 20 nitrogen and oxygen atoms in total. The van der Waals surface area contributed by atoms with E-state index in [9.17, 15) is 44.2 Å². The number of esters is 4. The van der Waals surface area contributed by atoms with E-state index in [0.29, 0.717) is 0 Å². The topological polar surface area (TPSA) is 277 Å². The highest BCUT2D eigenvalue weighted by atomic mass is 16.7. The van der Waals surface area contributed by atoms with E-state index in [1.165, 1.54) is 0 Å². The van der Waals surface area contributed by atoms with Gasteiger partial charge in [-0.15, -0.1) is 0 Å². The summed E-state index contributed by atoms with van der Waals surface area (Å²) in [6.45, 7) is 17.2. The van der Waals surface area contributed by atoms with E-state index in [1.807, 2.05) is 48.5 Å². The fourth-order valence-electron chi connectivity index (χ4n) is 7.04. The first kappa shape index (κ1) is 55.4. The summed E-state index contributed by atoms with van der Waals surface area (Å²) < 4.78 is 42.6. The summed E-state index contributed by atoms with van der Waals surface area (Å²) in [7, 11) is 0. The number of carboxylic acid groups (broad SMARTS) is 1. The summed E-state index contributed by atoms with van der Waals surface area (Å²) in [6, 6.07) is 13.8. The number of carbonyl (C=O) groups is 7. The first-order valence-electron chi connectivity index (χ1n) is 22.8. The molecule has 1 fully saturated rings. The van der Waals surface area contributed by atoms with Gasteiger partial charge in [0.25, 0.3) is 0 Å². The standard InChI is InChI=1S/C49H67N5O15/c1-46(2,3)41(58)63-26-34-36(67-42(59)47(4,5)6)37(68-43(60)48(7,8)9)38(69-44(61)49(10,11)12)40(66-34)65-27(21-22-52-54-50)23-33(39(57)51-24-35(55)56)53-45(62)64-25-32-30-19-15-13-17-28(30)29-18-14-16-20-31(29)32/h13-20,27,32-34,36-38,40H,21-26H2,1-12H3,(H,51,57)(H,53,62)(H,55,56)/t27-,33+,34-,36+,37+,38-,40-/m1/s1. The molecule has 0 radical (unpaired) electrons. The second-order valence-corrected chi connectivity index (χ2v) is 21.1. The van der Waals surface area contributed by atoms with Gasteiger partial charge in [-0.3, -0.25) is 28.8 Å². The van der Waals surface area contributed by atoms with Gasteiger partial charge in [-0.2, -0.15) is 0 Å². The van der Waals surface area contributed by atoms with Crippen molar-refractivity contribution < 1.29 is 71.8 Å². The fourth-order valence-corrected chi connectivity index (χ4v) is 7.04. The minimum atomic E-state index is -1.77. The molecule has 2 aliphatic rings. The summed E-state index contributed by atoms with van der Waals surface area (Å²) in [5, 5.41) is 17.9. The Balaban J connectivity index is 1.78. The van der Waals surface area contributed by atoms with Gasteiger partial charge in [0.2, 0.25) is 5.91 Å². The number of carboxylic acids is 1. The molecule has 69 heavy (non-hydrogen) atoms. The van der Waals surface area contributed by atoms with Crippen molar-refractivity contribution in [1.29, 1.82) is 0 Å². The van der Waals surface area contributed by atoms with Gasteiger partial charge in [-0.1, -0.05) is 53.6 Å². The molecule has 0 saturated carbocycles. The number of benzene rings is 2. The van der Waals surface area contributed by atoms with Crippen molar-refractivity contribution in [3.8, 4) is 11.1 Å². The van der Waals surface area contributed by atoms with Crippen LogP contribution in [0, 0.1) is 21.7 Å². The third-order valence-electron chi connectivity index (χ3n) is 11.0. The van der Waals surface area contributed by atoms with Crippen LogP contribution in [0.1, 0.15) is 113 Å². The van der Waals surface area contributed by atoms with Crippen LogP contribution in [-0.4, -0.2) is 116 Å². The summed E-state index contributed by atoms with van der Waals surface area (Å²) in [5.41, 5.74) is 8.58. The van der Waals surface area contributed by atoms with E-state index in [4.69, 9.17) is 33.2 Å². The minimum absolute atomic E-state index is 0.131. The molecule has 0 aromatic heterocycles. The smallest absolute Gasteiger partial charge is 0.407 e. The van der Waals surface area contributed by atoms with Crippen LogP contribution in [-0.2, 0) is 61.9 Å². The summed E-state index contributed by atoms with van der Waals surface area (Å²) in [5.74, 6) is -5.77. The van der Waals surface area contributed by atoms with Crippen LogP contribution in [0.4, 0.5) is 4.79 Å². The highest BCUT2D eigenvalue weighted by Gasteiger charge is 2.55. The lowest BCUT2D eigenvalue weighted by Gasteiger charge is -2.46. The van der Waals surface area contributed by atoms with Crippen LogP contribution in [0.3, 0.4) is 0 Å². The molecule has 0 spiro atoms. The highest BCUT2D eigenvalue weighted by Crippen LogP contribution is 2.44. The van der Waals surface area contributed by atoms with Crippen molar-refractivity contribution in [1.82, 2.24) is 10.6 Å². The maximum atomic E-state index is 13.8. The number of alkyl carbamates (subject to hydrolysis) is 1. The van der Waals surface area contributed by atoms with Gasteiger partial charge >= 0.3 is 35.9 Å². The molecule has 0 unspecified atom stereocenters. The molecule has 378 valence electrons. The van der Waals surface area contributed by atoms with Crippen molar-refractivity contribution in [3.05, 3.63) is 70.1 Å². The molecular weight excluding hydrogens is 899 g/mol. The molecule has 2 aromatic rings. The molecule has 1 aliphatic carbocycles. The second kappa shape index (κ2) is 22.9. The predicted octanol–water partition coefficient (Wildman–Crippen LogP) is 6.76. The molecule has 0 bridgehead atoms. The molecule has 1 saturated heterocycles. The van der Waals surface area contributed by atoms with Crippen molar-refractivity contribution in [2.75, 3.05) is 26.3 Å². The lowest BCUT2D eigenvalue weighted by molar-refractivity contribution is -0.321. The van der Waals surface area contributed by atoms with Crippen molar-refractivity contribution in [3.63, 3.8) is 0 Å². The normalized spacial score (nSPS) is 20.1. The number of carbonyl (C=O) groups excluding carboxylic acids is 6. The number of ether oxygens (including phenoxy) is 7. The zero-order valence-corrected chi connectivity index (χ0v) is 41.5. The second-order valence-electron chi connectivity index (χ2n) is 21.1. The van der Waals surface area contributed by atoms with Crippen LogP contribution in [0.2, 0.25) is 0 Å². The first-order chi connectivity index (χ1) is 32.0. The van der Waals surface area contributed by atoms with Gasteiger partial charge in [0.1, 0.15) is 31.9 Å². The number of aliphatic carboxylic acids is 1. The maximum Gasteiger partial charge on any atom is 0.407 e. The Morgan fingerprint density at radius 3 is 1.68 bits per heavy atom. The van der Waals surface area contributed by atoms with Gasteiger partial charge in [0.15, 0.2) is 24.6 Å². The van der Waals surface area contributed by atoms with Gasteiger partial charge < -0.3 is 48.9 Å². The first-order valence-corrected chi connectivity index (χ1v) is 22.8. The number of amides is 2. The van der Waals surface area contributed by atoms with E-state index in [-0.39, 0.29) is 25.5 Å². The van der Waals surface area contributed by atoms with E-state index in [0.717, 1.165) is 22.3 Å². The summed E-state index contributed by atoms with van der Waals surface area (Å²) in [4.78, 5) is 96.4.